The first-order valence-corrected chi connectivity index (χ1v) is 9.76. The van der Waals surface area contributed by atoms with Crippen molar-refractivity contribution in [3.05, 3.63) is 58.7 Å². The first kappa shape index (κ1) is 22.5. The van der Waals surface area contributed by atoms with Gasteiger partial charge in [0.15, 0.2) is 0 Å². The highest BCUT2D eigenvalue weighted by atomic mass is 19.1. The molecule has 2 amide bonds. The zero-order chi connectivity index (χ0) is 22.7. The SMILES string of the molecule is COC(=O)c1ccc2c(c1)N(Cc1c(F)cc(OCCCO)cc1F)C(=O)N(C)[C@H]2C. The fourth-order valence-electron chi connectivity index (χ4n) is 3.42. The molecule has 0 saturated heterocycles. The van der Waals surface area contributed by atoms with Gasteiger partial charge in [-0.1, -0.05) is 6.07 Å². The van der Waals surface area contributed by atoms with E-state index in [0.717, 1.165) is 17.7 Å². The van der Waals surface area contributed by atoms with Crippen LogP contribution in [0.1, 0.15) is 40.9 Å². The van der Waals surface area contributed by atoms with Gasteiger partial charge in [-0.05, 0) is 24.6 Å². The Balaban J connectivity index is 1.98. The van der Waals surface area contributed by atoms with E-state index in [1.54, 1.807) is 19.2 Å². The van der Waals surface area contributed by atoms with Crippen molar-refractivity contribution in [2.45, 2.75) is 25.9 Å². The number of ether oxygens (including phenoxy) is 2. The lowest BCUT2D eigenvalue weighted by atomic mass is 9.98. The van der Waals surface area contributed by atoms with Gasteiger partial charge in [0.25, 0.3) is 0 Å². The molecule has 166 valence electrons. The maximum Gasteiger partial charge on any atom is 0.337 e. The number of nitrogens with zero attached hydrogens (tertiary/aromatic N) is 2. The predicted octanol–water partition coefficient (Wildman–Crippen LogP) is 3.65. The molecular weight excluding hydrogens is 410 g/mol. The second-order valence-electron chi connectivity index (χ2n) is 7.21. The van der Waals surface area contributed by atoms with E-state index in [2.05, 4.69) is 0 Å². The van der Waals surface area contributed by atoms with Crippen molar-refractivity contribution < 1.29 is 33.0 Å². The standard InChI is InChI=1S/C22H24F2N2O5/c1-13-16-6-5-14(21(28)30-3)9-20(16)26(22(29)25(13)2)12-17-18(23)10-15(11-19(17)24)31-8-4-7-27/h5-6,9-11,13,27H,4,7-8,12H2,1-3H3/t13-/m0/s1. The van der Waals surface area contributed by atoms with E-state index in [-0.39, 0.29) is 42.7 Å². The van der Waals surface area contributed by atoms with E-state index in [1.165, 1.54) is 23.0 Å². The number of hydrogen-bond donors (Lipinski definition) is 1. The summed E-state index contributed by atoms with van der Waals surface area (Å²) in [6, 6.07) is 6.12. The van der Waals surface area contributed by atoms with Crippen molar-refractivity contribution in [1.82, 2.24) is 4.90 Å². The summed E-state index contributed by atoms with van der Waals surface area (Å²) in [4.78, 5) is 27.6. The van der Waals surface area contributed by atoms with Crippen molar-refractivity contribution in [2.24, 2.45) is 0 Å². The highest BCUT2D eigenvalue weighted by Gasteiger charge is 2.34. The molecule has 3 rings (SSSR count). The van der Waals surface area contributed by atoms with Gasteiger partial charge in [0, 0.05) is 37.8 Å². The molecule has 0 aromatic heterocycles. The summed E-state index contributed by atoms with van der Waals surface area (Å²) in [7, 11) is 2.85. The number of halogens is 2. The minimum absolute atomic E-state index is 0.00344. The second kappa shape index (κ2) is 9.30. The minimum atomic E-state index is -0.862. The van der Waals surface area contributed by atoms with Crippen LogP contribution in [0.5, 0.6) is 5.75 Å². The lowest BCUT2D eigenvalue weighted by Crippen LogP contribution is -2.46. The van der Waals surface area contributed by atoms with Crippen LogP contribution in [0, 0.1) is 11.6 Å². The molecule has 1 aliphatic heterocycles. The van der Waals surface area contributed by atoms with Crippen LogP contribution in [0.25, 0.3) is 0 Å². The predicted molar refractivity (Wildman–Crippen MR) is 109 cm³/mol. The summed E-state index contributed by atoms with van der Waals surface area (Å²) >= 11 is 0. The summed E-state index contributed by atoms with van der Waals surface area (Å²) in [6.07, 6.45) is 0.330. The van der Waals surface area contributed by atoms with Gasteiger partial charge in [0.1, 0.15) is 17.4 Å². The third-order valence-corrected chi connectivity index (χ3v) is 5.31. The van der Waals surface area contributed by atoms with Crippen LogP contribution in [0.4, 0.5) is 19.3 Å². The first-order valence-electron chi connectivity index (χ1n) is 9.76. The average molecular weight is 434 g/mol. The Hall–Kier alpha value is -3.20. The molecule has 0 bridgehead atoms. The molecule has 2 aromatic rings. The molecule has 0 fully saturated rings. The van der Waals surface area contributed by atoms with Gasteiger partial charge in [0.2, 0.25) is 0 Å². The Bertz CT molecular complexity index is 975. The number of rotatable bonds is 7. The third kappa shape index (κ3) is 4.46. The number of urea groups is 1. The number of carbonyl (C=O) groups is 2. The maximum absolute atomic E-state index is 14.7. The summed E-state index contributed by atoms with van der Waals surface area (Å²) in [5, 5.41) is 8.80. The molecule has 9 heteroatoms. The van der Waals surface area contributed by atoms with Crippen LogP contribution in [-0.4, -0.2) is 49.4 Å². The van der Waals surface area contributed by atoms with Crippen LogP contribution in [0.3, 0.4) is 0 Å². The van der Waals surface area contributed by atoms with Gasteiger partial charge in [-0.3, -0.25) is 4.90 Å². The second-order valence-corrected chi connectivity index (χ2v) is 7.21. The molecule has 0 unspecified atom stereocenters. The van der Waals surface area contributed by atoms with Crippen LogP contribution in [-0.2, 0) is 11.3 Å². The van der Waals surface area contributed by atoms with Gasteiger partial charge >= 0.3 is 12.0 Å². The molecule has 0 spiro atoms. The first-order chi connectivity index (χ1) is 14.8. The molecule has 0 aliphatic carbocycles. The number of amides is 2. The number of aliphatic hydroxyl groups is 1. The van der Waals surface area contributed by atoms with Crippen molar-refractivity contribution in [3.63, 3.8) is 0 Å². The van der Waals surface area contributed by atoms with Crippen molar-refractivity contribution in [2.75, 3.05) is 32.3 Å². The number of esters is 1. The number of benzene rings is 2. The topological polar surface area (TPSA) is 79.3 Å². The lowest BCUT2D eigenvalue weighted by molar-refractivity contribution is 0.0600. The summed E-state index contributed by atoms with van der Waals surface area (Å²) in [5.41, 5.74) is 1.05. The normalized spacial score (nSPS) is 15.7. The van der Waals surface area contributed by atoms with Crippen LogP contribution in [0.2, 0.25) is 0 Å². The molecule has 2 aromatic carbocycles. The molecule has 7 nitrogen and oxygen atoms in total. The Morgan fingerprint density at radius 2 is 1.87 bits per heavy atom. The summed E-state index contributed by atoms with van der Waals surface area (Å²) < 4.78 is 39.4. The fourth-order valence-corrected chi connectivity index (χ4v) is 3.42. The Morgan fingerprint density at radius 1 is 1.19 bits per heavy atom. The molecule has 31 heavy (non-hydrogen) atoms. The Kier molecular flexibility index (Phi) is 6.74. The van der Waals surface area contributed by atoms with Crippen LogP contribution >= 0.6 is 0 Å². The molecule has 0 radical (unpaired) electrons. The van der Waals surface area contributed by atoms with Crippen LogP contribution < -0.4 is 9.64 Å². The summed E-state index contributed by atoms with van der Waals surface area (Å²) in [6.45, 7) is 1.47. The van der Waals surface area contributed by atoms with Crippen molar-refractivity contribution in [3.8, 4) is 5.75 Å². The van der Waals surface area contributed by atoms with Crippen molar-refractivity contribution in [1.29, 1.82) is 0 Å². The number of aliphatic hydroxyl groups excluding tert-OH is 1. The number of anilines is 1. The number of fused-ring (bicyclic) bond motifs is 1. The van der Waals surface area contributed by atoms with E-state index in [1.807, 2.05) is 6.92 Å². The number of methoxy groups -OCH3 is 1. The highest BCUT2D eigenvalue weighted by molar-refractivity contribution is 5.98. The van der Waals surface area contributed by atoms with Gasteiger partial charge in [-0.2, -0.15) is 0 Å². The number of carbonyl (C=O) groups excluding carboxylic acids is 2. The quantitative estimate of drug-likeness (QED) is 0.532. The van der Waals surface area contributed by atoms with E-state index >= 15 is 0 Å². The molecule has 1 heterocycles. The van der Waals surface area contributed by atoms with Crippen molar-refractivity contribution >= 4 is 17.7 Å². The zero-order valence-electron chi connectivity index (χ0n) is 17.5. The van der Waals surface area contributed by atoms with E-state index in [0.29, 0.717) is 12.1 Å². The fraction of sp³-hybridized carbons (Fsp3) is 0.364. The molecular formula is C22H24F2N2O5. The molecule has 1 aliphatic rings. The largest absolute Gasteiger partial charge is 0.493 e. The highest BCUT2D eigenvalue weighted by Crippen LogP contribution is 2.38. The monoisotopic (exact) mass is 434 g/mol. The van der Waals surface area contributed by atoms with Gasteiger partial charge in [-0.15, -0.1) is 0 Å². The van der Waals surface area contributed by atoms with Crippen LogP contribution in [0.15, 0.2) is 30.3 Å². The van der Waals surface area contributed by atoms with E-state index in [9.17, 15) is 18.4 Å². The molecule has 1 N–H and O–H groups in total. The minimum Gasteiger partial charge on any atom is -0.493 e. The number of hydrogen-bond acceptors (Lipinski definition) is 5. The average Bonchev–Trinajstić information content (AvgIpc) is 2.76. The van der Waals surface area contributed by atoms with E-state index < -0.39 is 23.6 Å². The Labute approximate surface area is 178 Å². The lowest BCUT2D eigenvalue weighted by Gasteiger charge is -2.39. The molecule has 0 saturated carbocycles. The van der Waals surface area contributed by atoms with Gasteiger partial charge in [-0.25, -0.2) is 18.4 Å². The van der Waals surface area contributed by atoms with Gasteiger partial charge < -0.3 is 19.5 Å². The smallest absolute Gasteiger partial charge is 0.337 e. The summed E-state index contributed by atoms with van der Waals surface area (Å²) in [5.74, 6) is -2.31. The van der Waals surface area contributed by atoms with Gasteiger partial charge in [0.05, 0.1) is 37.6 Å². The third-order valence-electron chi connectivity index (χ3n) is 5.31. The molecule has 1 atom stereocenters. The zero-order valence-corrected chi connectivity index (χ0v) is 17.5. The van der Waals surface area contributed by atoms with E-state index in [4.69, 9.17) is 14.6 Å². The Morgan fingerprint density at radius 3 is 2.48 bits per heavy atom. The maximum atomic E-state index is 14.7.